The average molecular weight is 271 g/mol. The molecule has 0 fully saturated rings. The van der Waals surface area contributed by atoms with Crippen LogP contribution in [0.15, 0.2) is 34.9 Å². The van der Waals surface area contributed by atoms with E-state index in [-0.39, 0.29) is 21.9 Å². The maximum Gasteiger partial charge on any atom is 0.339 e. The van der Waals surface area contributed by atoms with Crippen molar-refractivity contribution in [2.75, 3.05) is 0 Å². The first-order chi connectivity index (χ1) is 8.50. The Balaban J connectivity index is 2.44. The maximum atomic E-state index is 13.6. The van der Waals surface area contributed by atoms with Gasteiger partial charge in [-0.1, -0.05) is 17.7 Å². The third-order valence-corrected chi connectivity index (χ3v) is 2.67. The minimum atomic E-state index is -1.50. The number of carboxylic acid groups (broad SMARTS) is 1. The van der Waals surface area contributed by atoms with Gasteiger partial charge < -0.3 is 14.6 Å². The van der Waals surface area contributed by atoms with Crippen molar-refractivity contribution in [2.45, 2.75) is 6.10 Å². The van der Waals surface area contributed by atoms with E-state index in [1.807, 2.05) is 0 Å². The van der Waals surface area contributed by atoms with Crippen LogP contribution < -0.4 is 0 Å². The second-order valence-electron chi connectivity index (χ2n) is 3.57. The summed E-state index contributed by atoms with van der Waals surface area (Å²) in [5.74, 6) is -2.21. The van der Waals surface area contributed by atoms with Gasteiger partial charge in [0.05, 0.1) is 6.26 Å². The second kappa shape index (κ2) is 4.80. The van der Waals surface area contributed by atoms with Gasteiger partial charge in [-0.3, -0.25) is 0 Å². The van der Waals surface area contributed by atoms with E-state index in [1.165, 1.54) is 18.2 Å². The van der Waals surface area contributed by atoms with Crippen LogP contribution in [0.1, 0.15) is 27.8 Å². The lowest BCUT2D eigenvalue weighted by Crippen LogP contribution is -2.07. The molecule has 18 heavy (non-hydrogen) atoms. The van der Waals surface area contributed by atoms with E-state index >= 15 is 0 Å². The molecule has 1 heterocycles. The first-order valence-electron chi connectivity index (χ1n) is 4.94. The number of hydrogen-bond donors (Lipinski definition) is 2. The molecule has 0 bridgehead atoms. The predicted molar refractivity (Wildman–Crippen MR) is 61.1 cm³/mol. The van der Waals surface area contributed by atoms with Gasteiger partial charge in [0, 0.05) is 10.6 Å². The molecule has 0 aliphatic rings. The molecule has 2 aromatic rings. The summed E-state index contributed by atoms with van der Waals surface area (Å²) in [5.41, 5.74) is -0.311. The molecule has 1 atom stereocenters. The fraction of sp³-hybridized carbons (Fsp3) is 0.0833. The van der Waals surface area contributed by atoms with Gasteiger partial charge in [-0.05, 0) is 18.2 Å². The third kappa shape index (κ3) is 2.23. The predicted octanol–water partition coefficient (Wildman–Crippen LogP) is 2.85. The molecule has 4 nitrogen and oxygen atoms in total. The highest BCUT2D eigenvalue weighted by molar-refractivity contribution is 6.30. The van der Waals surface area contributed by atoms with E-state index in [4.69, 9.17) is 21.1 Å². The lowest BCUT2D eigenvalue weighted by molar-refractivity contribution is 0.0687. The molecule has 0 aliphatic heterocycles. The molecule has 6 heteroatoms. The van der Waals surface area contributed by atoms with E-state index < -0.39 is 17.9 Å². The summed E-state index contributed by atoms with van der Waals surface area (Å²) in [4.78, 5) is 10.9. The summed E-state index contributed by atoms with van der Waals surface area (Å²) < 4.78 is 18.5. The Kier molecular flexibility index (Phi) is 3.36. The molecule has 0 saturated carbocycles. The zero-order valence-electron chi connectivity index (χ0n) is 8.93. The number of aliphatic hydroxyl groups is 1. The van der Waals surface area contributed by atoms with Crippen LogP contribution in [-0.4, -0.2) is 16.2 Å². The molecule has 2 rings (SSSR count). The highest BCUT2D eigenvalue weighted by atomic mass is 35.5. The van der Waals surface area contributed by atoms with Crippen LogP contribution in [0.25, 0.3) is 0 Å². The Hall–Kier alpha value is -1.85. The van der Waals surface area contributed by atoms with E-state index in [0.717, 1.165) is 12.3 Å². The lowest BCUT2D eigenvalue weighted by Gasteiger charge is -2.10. The normalized spacial score (nSPS) is 12.4. The summed E-state index contributed by atoms with van der Waals surface area (Å²) in [5, 5.41) is 19.0. The van der Waals surface area contributed by atoms with E-state index in [2.05, 4.69) is 0 Å². The smallest absolute Gasteiger partial charge is 0.339 e. The number of benzene rings is 1. The van der Waals surface area contributed by atoms with Crippen LogP contribution in [0.3, 0.4) is 0 Å². The van der Waals surface area contributed by atoms with Crippen molar-refractivity contribution in [3.05, 3.63) is 58.3 Å². The number of carboxylic acids is 1. The SMILES string of the molecule is O=C(O)c1ccoc1C(O)c1ccc(Cl)cc1F. The molecule has 2 N–H and O–H groups in total. The van der Waals surface area contributed by atoms with Crippen molar-refractivity contribution < 1.29 is 23.8 Å². The lowest BCUT2D eigenvalue weighted by atomic mass is 10.0. The van der Waals surface area contributed by atoms with Gasteiger partial charge in [0.1, 0.15) is 17.5 Å². The number of aromatic carboxylic acids is 1. The third-order valence-electron chi connectivity index (χ3n) is 2.43. The highest BCUT2D eigenvalue weighted by Crippen LogP contribution is 2.29. The zero-order valence-corrected chi connectivity index (χ0v) is 9.69. The van der Waals surface area contributed by atoms with Crippen molar-refractivity contribution in [3.63, 3.8) is 0 Å². The minimum absolute atomic E-state index is 0.100. The van der Waals surface area contributed by atoms with Gasteiger partial charge in [0.2, 0.25) is 0 Å². The summed E-state index contributed by atoms with van der Waals surface area (Å²) in [6, 6.07) is 4.89. The molecule has 0 spiro atoms. The van der Waals surface area contributed by atoms with Crippen molar-refractivity contribution in [3.8, 4) is 0 Å². The van der Waals surface area contributed by atoms with Crippen LogP contribution in [0.2, 0.25) is 5.02 Å². The van der Waals surface area contributed by atoms with Crippen molar-refractivity contribution in [2.24, 2.45) is 0 Å². The fourth-order valence-electron chi connectivity index (χ4n) is 1.57. The van der Waals surface area contributed by atoms with Crippen LogP contribution in [0.4, 0.5) is 4.39 Å². The quantitative estimate of drug-likeness (QED) is 0.900. The number of furan rings is 1. The van der Waals surface area contributed by atoms with Crippen LogP contribution in [0, 0.1) is 5.82 Å². The topological polar surface area (TPSA) is 70.7 Å². The maximum absolute atomic E-state index is 13.6. The number of carbonyl (C=O) groups is 1. The van der Waals surface area contributed by atoms with Gasteiger partial charge in [-0.15, -0.1) is 0 Å². The van der Waals surface area contributed by atoms with Crippen LogP contribution >= 0.6 is 11.6 Å². The molecule has 0 aliphatic carbocycles. The Labute approximate surface area is 106 Å². The number of aliphatic hydroxyl groups excluding tert-OH is 1. The number of halogens is 2. The van der Waals surface area contributed by atoms with Gasteiger partial charge in [-0.25, -0.2) is 9.18 Å². The summed E-state index contributed by atoms with van der Waals surface area (Å²) in [7, 11) is 0. The van der Waals surface area contributed by atoms with Crippen LogP contribution in [0.5, 0.6) is 0 Å². The van der Waals surface area contributed by atoms with Crippen molar-refractivity contribution >= 4 is 17.6 Å². The van der Waals surface area contributed by atoms with E-state index in [9.17, 15) is 14.3 Å². The molecule has 0 saturated heterocycles. The Bertz CT molecular complexity index is 594. The van der Waals surface area contributed by atoms with Gasteiger partial charge in [0.15, 0.2) is 5.76 Å². The molecule has 1 unspecified atom stereocenters. The Morgan fingerprint density at radius 3 is 2.72 bits per heavy atom. The molecular formula is C12H8ClFO4. The molecular weight excluding hydrogens is 263 g/mol. The fourth-order valence-corrected chi connectivity index (χ4v) is 1.73. The summed E-state index contributed by atoms with van der Waals surface area (Å²) in [6.45, 7) is 0. The molecule has 0 radical (unpaired) electrons. The zero-order chi connectivity index (χ0) is 13.3. The first kappa shape index (κ1) is 12.6. The van der Waals surface area contributed by atoms with Gasteiger partial charge >= 0.3 is 5.97 Å². The standard InChI is InChI=1S/C12H8ClFO4/c13-6-1-2-7(9(14)5-6)10(15)11-8(12(16)17)3-4-18-11/h1-5,10,15H,(H,16,17). The van der Waals surface area contributed by atoms with Crippen molar-refractivity contribution in [1.29, 1.82) is 0 Å². The average Bonchev–Trinajstić information content (AvgIpc) is 2.77. The van der Waals surface area contributed by atoms with Gasteiger partial charge in [0.25, 0.3) is 0 Å². The van der Waals surface area contributed by atoms with Crippen molar-refractivity contribution in [1.82, 2.24) is 0 Å². The largest absolute Gasteiger partial charge is 0.478 e. The molecule has 0 amide bonds. The summed E-state index contributed by atoms with van der Waals surface area (Å²) >= 11 is 5.59. The van der Waals surface area contributed by atoms with E-state index in [0.29, 0.717) is 0 Å². The Morgan fingerprint density at radius 1 is 1.39 bits per heavy atom. The monoisotopic (exact) mass is 270 g/mol. The molecule has 94 valence electrons. The number of rotatable bonds is 3. The summed E-state index contributed by atoms with van der Waals surface area (Å²) in [6.07, 6.45) is -0.376. The minimum Gasteiger partial charge on any atom is -0.478 e. The first-order valence-corrected chi connectivity index (χ1v) is 5.32. The molecule has 1 aromatic carbocycles. The number of hydrogen-bond acceptors (Lipinski definition) is 3. The highest BCUT2D eigenvalue weighted by Gasteiger charge is 2.24. The molecule has 1 aromatic heterocycles. The Morgan fingerprint density at radius 2 is 2.11 bits per heavy atom. The second-order valence-corrected chi connectivity index (χ2v) is 4.01. The van der Waals surface area contributed by atoms with Crippen LogP contribution in [-0.2, 0) is 0 Å². The van der Waals surface area contributed by atoms with E-state index in [1.54, 1.807) is 0 Å². The van der Waals surface area contributed by atoms with Gasteiger partial charge in [-0.2, -0.15) is 0 Å².